The Balaban J connectivity index is 2.47. The second-order valence-electron chi connectivity index (χ2n) is 5.11. The standard InChI is InChI=1S/C15H29NO/c1-4-16-15(12-11-13(2)17-3)14-9-7-5-6-8-10-14/h9,13,15-16H,4-8,10-12H2,1-3H3. The minimum absolute atomic E-state index is 0.377. The summed E-state index contributed by atoms with van der Waals surface area (Å²) in [6.07, 6.45) is 11.9. The molecule has 0 heterocycles. The van der Waals surface area contributed by atoms with Gasteiger partial charge in [-0.05, 0) is 52.0 Å². The quantitative estimate of drug-likeness (QED) is 0.684. The molecular weight excluding hydrogens is 210 g/mol. The lowest BCUT2D eigenvalue weighted by Gasteiger charge is -2.22. The first-order valence-electron chi connectivity index (χ1n) is 7.23. The van der Waals surface area contributed by atoms with Crippen LogP contribution in [0.4, 0.5) is 0 Å². The SMILES string of the molecule is CCNC(CCC(C)OC)C1=CCCCCC1. The zero-order valence-corrected chi connectivity index (χ0v) is 11.8. The van der Waals surface area contributed by atoms with Crippen molar-refractivity contribution in [3.8, 4) is 0 Å². The van der Waals surface area contributed by atoms with Crippen molar-refractivity contribution in [2.75, 3.05) is 13.7 Å². The van der Waals surface area contributed by atoms with Gasteiger partial charge in [0.1, 0.15) is 0 Å². The lowest BCUT2D eigenvalue weighted by Crippen LogP contribution is -2.31. The largest absolute Gasteiger partial charge is 0.382 e. The van der Waals surface area contributed by atoms with Gasteiger partial charge in [0.05, 0.1) is 6.10 Å². The van der Waals surface area contributed by atoms with Crippen molar-refractivity contribution in [1.29, 1.82) is 0 Å². The summed E-state index contributed by atoms with van der Waals surface area (Å²) in [7, 11) is 1.80. The summed E-state index contributed by atoms with van der Waals surface area (Å²) in [6, 6.07) is 0.579. The van der Waals surface area contributed by atoms with Crippen molar-refractivity contribution < 1.29 is 4.74 Å². The summed E-state index contributed by atoms with van der Waals surface area (Å²) in [5, 5.41) is 3.64. The minimum Gasteiger partial charge on any atom is -0.382 e. The zero-order valence-electron chi connectivity index (χ0n) is 11.8. The van der Waals surface area contributed by atoms with Gasteiger partial charge in [0.25, 0.3) is 0 Å². The van der Waals surface area contributed by atoms with Gasteiger partial charge in [0.15, 0.2) is 0 Å². The Morgan fingerprint density at radius 2 is 2.12 bits per heavy atom. The van der Waals surface area contributed by atoms with Gasteiger partial charge in [0.2, 0.25) is 0 Å². The van der Waals surface area contributed by atoms with E-state index in [4.69, 9.17) is 4.74 Å². The first kappa shape index (κ1) is 14.7. The van der Waals surface area contributed by atoms with E-state index >= 15 is 0 Å². The molecule has 2 heteroatoms. The van der Waals surface area contributed by atoms with Crippen LogP contribution in [0, 0.1) is 0 Å². The number of likely N-dealkylation sites (N-methyl/N-ethyl adjacent to an activating group) is 1. The van der Waals surface area contributed by atoms with Gasteiger partial charge in [-0.25, -0.2) is 0 Å². The monoisotopic (exact) mass is 239 g/mol. The molecule has 17 heavy (non-hydrogen) atoms. The number of ether oxygens (including phenoxy) is 1. The van der Waals surface area contributed by atoms with Crippen LogP contribution in [0.2, 0.25) is 0 Å². The number of allylic oxidation sites excluding steroid dienone is 1. The van der Waals surface area contributed by atoms with Crippen LogP contribution in [0.1, 0.15) is 58.8 Å². The maximum Gasteiger partial charge on any atom is 0.0543 e. The predicted molar refractivity (Wildman–Crippen MR) is 74.3 cm³/mol. The summed E-state index contributed by atoms with van der Waals surface area (Å²) in [4.78, 5) is 0. The van der Waals surface area contributed by atoms with Gasteiger partial charge < -0.3 is 10.1 Å². The Morgan fingerprint density at radius 1 is 1.29 bits per heavy atom. The maximum atomic E-state index is 5.34. The highest BCUT2D eigenvalue weighted by Crippen LogP contribution is 2.22. The third kappa shape index (κ3) is 5.69. The molecule has 2 nitrogen and oxygen atoms in total. The predicted octanol–water partition coefficient (Wildman–Crippen LogP) is 3.67. The molecule has 100 valence electrons. The van der Waals surface area contributed by atoms with Crippen LogP contribution in [-0.4, -0.2) is 25.8 Å². The van der Waals surface area contributed by atoms with Gasteiger partial charge in [0, 0.05) is 13.2 Å². The second-order valence-corrected chi connectivity index (χ2v) is 5.11. The molecule has 1 aliphatic carbocycles. The average molecular weight is 239 g/mol. The fourth-order valence-electron chi connectivity index (χ4n) is 2.54. The summed E-state index contributed by atoms with van der Waals surface area (Å²) in [5.41, 5.74) is 1.65. The molecule has 0 saturated heterocycles. The molecule has 0 aromatic rings. The number of rotatable bonds is 7. The Kier molecular flexibility index (Phi) is 7.54. The smallest absolute Gasteiger partial charge is 0.0543 e. The van der Waals surface area contributed by atoms with Gasteiger partial charge in [-0.1, -0.05) is 25.0 Å². The van der Waals surface area contributed by atoms with Crippen molar-refractivity contribution >= 4 is 0 Å². The zero-order chi connectivity index (χ0) is 12.5. The Morgan fingerprint density at radius 3 is 2.82 bits per heavy atom. The van der Waals surface area contributed by atoms with Crippen LogP contribution in [-0.2, 0) is 4.74 Å². The van der Waals surface area contributed by atoms with Crippen molar-refractivity contribution in [3.63, 3.8) is 0 Å². The van der Waals surface area contributed by atoms with Crippen LogP contribution in [0.5, 0.6) is 0 Å². The summed E-state index contributed by atoms with van der Waals surface area (Å²) in [5.74, 6) is 0. The number of methoxy groups -OCH3 is 1. The van der Waals surface area contributed by atoms with Crippen molar-refractivity contribution in [1.82, 2.24) is 5.32 Å². The molecule has 0 aromatic heterocycles. The molecule has 0 fully saturated rings. The van der Waals surface area contributed by atoms with Crippen molar-refractivity contribution in [3.05, 3.63) is 11.6 Å². The molecule has 0 amide bonds. The summed E-state index contributed by atoms with van der Waals surface area (Å²) >= 11 is 0. The highest BCUT2D eigenvalue weighted by atomic mass is 16.5. The van der Waals surface area contributed by atoms with E-state index in [9.17, 15) is 0 Å². The van der Waals surface area contributed by atoms with E-state index in [1.165, 1.54) is 38.5 Å². The van der Waals surface area contributed by atoms with Crippen LogP contribution in [0.25, 0.3) is 0 Å². The maximum absolute atomic E-state index is 5.34. The van der Waals surface area contributed by atoms with E-state index in [-0.39, 0.29) is 0 Å². The Labute approximate surface area is 107 Å². The highest BCUT2D eigenvalue weighted by Gasteiger charge is 2.15. The molecule has 0 bridgehead atoms. The number of nitrogens with one attached hydrogen (secondary N) is 1. The third-order valence-corrected chi connectivity index (χ3v) is 3.74. The topological polar surface area (TPSA) is 21.3 Å². The number of hydrogen-bond acceptors (Lipinski definition) is 2. The van der Waals surface area contributed by atoms with Gasteiger partial charge >= 0.3 is 0 Å². The Hall–Kier alpha value is -0.340. The summed E-state index contributed by atoms with van der Waals surface area (Å²) in [6.45, 7) is 5.41. The van der Waals surface area contributed by atoms with Crippen molar-refractivity contribution in [2.45, 2.75) is 70.9 Å². The second kappa shape index (κ2) is 8.71. The first-order chi connectivity index (χ1) is 8.27. The molecular formula is C15H29NO. The van der Waals surface area contributed by atoms with E-state index in [1.807, 2.05) is 0 Å². The van der Waals surface area contributed by atoms with Crippen LogP contribution in [0.15, 0.2) is 11.6 Å². The van der Waals surface area contributed by atoms with Crippen LogP contribution >= 0.6 is 0 Å². The molecule has 0 saturated carbocycles. The van der Waals surface area contributed by atoms with Crippen molar-refractivity contribution in [2.24, 2.45) is 0 Å². The van der Waals surface area contributed by atoms with E-state index in [0.29, 0.717) is 12.1 Å². The lowest BCUT2D eigenvalue weighted by atomic mass is 9.96. The summed E-state index contributed by atoms with van der Waals surface area (Å²) < 4.78 is 5.34. The normalized spacial score (nSPS) is 20.5. The molecule has 1 rings (SSSR count). The Bertz CT molecular complexity index is 225. The van der Waals surface area contributed by atoms with Gasteiger partial charge in [-0.15, -0.1) is 0 Å². The van der Waals surface area contributed by atoms with E-state index < -0.39 is 0 Å². The molecule has 1 aliphatic rings. The highest BCUT2D eigenvalue weighted by molar-refractivity contribution is 5.12. The molecule has 2 atom stereocenters. The third-order valence-electron chi connectivity index (χ3n) is 3.74. The van der Waals surface area contributed by atoms with E-state index in [1.54, 1.807) is 12.7 Å². The minimum atomic E-state index is 0.377. The van der Waals surface area contributed by atoms with E-state index in [0.717, 1.165) is 13.0 Å². The molecule has 0 spiro atoms. The lowest BCUT2D eigenvalue weighted by molar-refractivity contribution is 0.107. The fourth-order valence-corrected chi connectivity index (χ4v) is 2.54. The molecule has 0 aliphatic heterocycles. The van der Waals surface area contributed by atoms with E-state index in [2.05, 4.69) is 25.2 Å². The molecule has 0 aromatic carbocycles. The first-order valence-corrected chi connectivity index (χ1v) is 7.23. The molecule has 1 N–H and O–H groups in total. The fraction of sp³-hybridized carbons (Fsp3) is 0.867. The molecule has 0 radical (unpaired) electrons. The number of hydrogen-bond donors (Lipinski definition) is 1. The van der Waals surface area contributed by atoms with Gasteiger partial charge in [-0.2, -0.15) is 0 Å². The molecule has 2 unspecified atom stereocenters. The van der Waals surface area contributed by atoms with Crippen LogP contribution in [0.3, 0.4) is 0 Å². The van der Waals surface area contributed by atoms with Crippen LogP contribution < -0.4 is 5.32 Å². The average Bonchev–Trinajstić information content (AvgIpc) is 2.62. The van der Waals surface area contributed by atoms with Gasteiger partial charge in [-0.3, -0.25) is 0 Å².